The van der Waals surface area contributed by atoms with Crippen LogP contribution < -0.4 is 5.90 Å². The number of H-pyrrole nitrogens is 1. The van der Waals surface area contributed by atoms with Crippen LogP contribution in [0.5, 0.6) is 0 Å². The molecule has 13 heavy (non-hydrogen) atoms. The fraction of sp³-hybridized carbons (Fsp3) is 0.125. The fourth-order valence-corrected chi connectivity index (χ4v) is 1.41. The maximum absolute atomic E-state index is 5.85. The number of fused-ring (bicyclic) bond motifs is 1. The van der Waals surface area contributed by atoms with E-state index < -0.39 is 0 Å². The van der Waals surface area contributed by atoms with E-state index in [1.165, 1.54) is 0 Å². The summed E-state index contributed by atoms with van der Waals surface area (Å²) in [6.45, 7) is 0.372. The Kier molecular flexibility index (Phi) is 2.18. The van der Waals surface area contributed by atoms with Gasteiger partial charge in [0.25, 0.3) is 0 Å². The van der Waals surface area contributed by atoms with Gasteiger partial charge in [-0.25, -0.2) is 5.90 Å². The highest BCUT2D eigenvalue weighted by Crippen LogP contribution is 2.21. The standard InChI is InChI=1S/C8H8ClN3O/c9-8-6-3-5(4-13-10)1-2-7(6)11-12-8/h1-3H,4,10H2,(H,11,12). The first-order valence-electron chi connectivity index (χ1n) is 3.75. The lowest BCUT2D eigenvalue weighted by Gasteiger charge is -1.97. The Morgan fingerprint density at radius 2 is 2.38 bits per heavy atom. The Balaban J connectivity index is 2.53. The Morgan fingerprint density at radius 1 is 1.54 bits per heavy atom. The van der Waals surface area contributed by atoms with Crippen LogP contribution in [0.25, 0.3) is 10.9 Å². The number of aromatic nitrogens is 2. The van der Waals surface area contributed by atoms with Crippen molar-refractivity contribution in [2.75, 3.05) is 0 Å². The largest absolute Gasteiger partial charge is 0.300 e. The minimum Gasteiger partial charge on any atom is -0.300 e. The van der Waals surface area contributed by atoms with Gasteiger partial charge in [0.2, 0.25) is 0 Å². The van der Waals surface area contributed by atoms with Gasteiger partial charge in [0.1, 0.15) is 5.15 Å². The summed E-state index contributed by atoms with van der Waals surface area (Å²) in [5.41, 5.74) is 1.81. The molecule has 0 radical (unpaired) electrons. The summed E-state index contributed by atoms with van der Waals surface area (Å²) in [6.07, 6.45) is 0. The highest BCUT2D eigenvalue weighted by atomic mass is 35.5. The van der Waals surface area contributed by atoms with Gasteiger partial charge in [-0.3, -0.25) is 9.94 Å². The molecule has 0 aliphatic rings. The molecule has 5 heteroatoms. The lowest BCUT2D eigenvalue weighted by molar-refractivity contribution is 0.124. The SMILES string of the molecule is NOCc1ccc2n[nH]c(Cl)c2c1. The molecule has 0 saturated carbocycles. The predicted molar refractivity (Wildman–Crippen MR) is 50.1 cm³/mol. The van der Waals surface area contributed by atoms with Crippen LogP contribution in [0.1, 0.15) is 5.56 Å². The predicted octanol–water partition coefficient (Wildman–Crippen LogP) is 1.61. The minimum atomic E-state index is 0.372. The van der Waals surface area contributed by atoms with Gasteiger partial charge in [-0.15, -0.1) is 0 Å². The van der Waals surface area contributed by atoms with Crippen LogP contribution in [0, 0.1) is 0 Å². The third kappa shape index (κ3) is 1.51. The van der Waals surface area contributed by atoms with Gasteiger partial charge in [-0.2, -0.15) is 5.10 Å². The highest BCUT2D eigenvalue weighted by Gasteiger charge is 2.03. The van der Waals surface area contributed by atoms with Crippen LogP contribution in [0.4, 0.5) is 0 Å². The molecule has 0 spiro atoms. The quantitative estimate of drug-likeness (QED) is 0.719. The van der Waals surface area contributed by atoms with Crippen LogP contribution in [0.15, 0.2) is 18.2 Å². The van der Waals surface area contributed by atoms with Crippen LogP contribution in [-0.4, -0.2) is 10.2 Å². The third-order valence-electron chi connectivity index (χ3n) is 1.82. The summed E-state index contributed by atoms with van der Waals surface area (Å²) in [7, 11) is 0. The van der Waals surface area contributed by atoms with E-state index in [1.54, 1.807) is 0 Å². The molecule has 0 aliphatic heterocycles. The van der Waals surface area contributed by atoms with Crippen molar-refractivity contribution in [1.82, 2.24) is 10.2 Å². The molecule has 0 aliphatic carbocycles. The molecule has 3 N–H and O–H groups in total. The maximum atomic E-state index is 5.85. The number of hydrogen-bond acceptors (Lipinski definition) is 3. The molecule has 1 aromatic carbocycles. The van der Waals surface area contributed by atoms with Crippen molar-refractivity contribution in [3.05, 3.63) is 28.9 Å². The smallest absolute Gasteiger partial charge is 0.132 e. The molecule has 4 nitrogen and oxygen atoms in total. The van der Waals surface area contributed by atoms with Crippen molar-refractivity contribution in [3.63, 3.8) is 0 Å². The number of halogens is 1. The Morgan fingerprint density at radius 3 is 3.15 bits per heavy atom. The van der Waals surface area contributed by atoms with Crippen LogP contribution in [0.3, 0.4) is 0 Å². The summed E-state index contributed by atoms with van der Waals surface area (Å²) in [4.78, 5) is 4.52. The first kappa shape index (κ1) is 8.50. The third-order valence-corrected chi connectivity index (χ3v) is 2.11. The highest BCUT2D eigenvalue weighted by molar-refractivity contribution is 6.34. The van der Waals surface area contributed by atoms with Crippen LogP contribution in [-0.2, 0) is 11.4 Å². The molecule has 2 aromatic rings. The molecule has 0 saturated heterocycles. The molecule has 0 unspecified atom stereocenters. The van der Waals surface area contributed by atoms with E-state index in [2.05, 4.69) is 15.0 Å². The van der Waals surface area contributed by atoms with Crippen molar-refractivity contribution in [2.45, 2.75) is 6.61 Å². The van der Waals surface area contributed by atoms with E-state index in [1.807, 2.05) is 18.2 Å². The number of nitrogens with zero attached hydrogens (tertiary/aromatic N) is 1. The second-order valence-electron chi connectivity index (χ2n) is 2.70. The van der Waals surface area contributed by atoms with E-state index in [9.17, 15) is 0 Å². The molecule has 0 fully saturated rings. The van der Waals surface area contributed by atoms with Crippen LogP contribution in [0.2, 0.25) is 5.15 Å². The number of aromatic amines is 1. The summed E-state index contributed by atoms with van der Waals surface area (Å²) in [6, 6.07) is 5.66. The topological polar surface area (TPSA) is 63.9 Å². The summed E-state index contributed by atoms with van der Waals surface area (Å²) < 4.78 is 0. The second-order valence-corrected chi connectivity index (χ2v) is 3.08. The van der Waals surface area contributed by atoms with Crippen LogP contribution >= 0.6 is 11.6 Å². The summed E-state index contributed by atoms with van der Waals surface area (Å²) in [5, 5.41) is 8.10. The maximum Gasteiger partial charge on any atom is 0.132 e. The molecule has 1 heterocycles. The van der Waals surface area contributed by atoms with Crippen molar-refractivity contribution >= 4 is 22.5 Å². The fourth-order valence-electron chi connectivity index (χ4n) is 1.21. The first-order valence-corrected chi connectivity index (χ1v) is 4.13. The molecule has 2 rings (SSSR count). The van der Waals surface area contributed by atoms with Crippen molar-refractivity contribution < 1.29 is 4.84 Å². The number of nitrogens with one attached hydrogen (secondary N) is 1. The minimum absolute atomic E-state index is 0.372. The van der Waals surface area contributed by atoms with Gasteiger partial charge in [0.05, 0.1) is 12.1 Å². The van der Waals surface area contributed by atoms with Gasteiger partial charge in [0, 0.05) is 5.39 Å². The van der Waals surface area contributed by atoms with Gasteiger partial charge < -0.3 is 0 Å². The molecule has 0 bridgehead atoms. The van der Waals surface area contributed by atoms with E-state index in [0.717, 1.165) is 16.5 Å². The van der Waals surface area contributed by atoms with E-state index >= 15 is 0 Å². The average molecular weight is 198 g/mol. The second kappa shape index (κ2) is 3.33. The molecular formula is C8H8ClN3O. The zero-order chi connectivity index (χ0) is 9.26. The number of benzene rings is 1. The van der Waals surface area contributed by atoms with Gasteiger partial charge in [-0.05, 0) is 17.7 Å². The summed E-state index contributed by atoms with van der Waals surface area (Å²) >= 11 is 5.85. The number of nitrogens with two attached hydrogens (primary N) is 1. The Bertz CT molecular complexity index is 426. The molecule has 0 amide bonds. The molecule has 0 atom stereocenters. The average Bonchev–Trinajstić information content (AvgIpc) is 2.49. The lowest BCUT2D eigenvalue weighted by Crippen LogP contribution is -1.98. The number of rotatable bonds is 2. The lowest BCUT2D eigenvalue weighted by atomic mass is 10.2. The summed E-state index contributed by atoms with van der Waals surface area (Å²) in [5.74, 6) is 4.96. The monoisotopic (exact) mass is 197 g/mol. The Labute approximate surface area is 79.6 Å². The van der Waals surface area contributed by atoms with E-state index in [0.29, 0.717) is 11.8 Å². The molecular weight excluding hydrogens is 190 g/mol. The zero-order valence-electron chi connectivity index (χ0n) is 6.75. The Hall–Kier alpha value is -1.10. The van der Waals surface area contributed by atoms with E-state index in [-0.39, 0.29) is 0 Å². The van der Waals surface area contributed by atoms with Crippen molar-refractivity contribution in [1.29, 1.82) is 0 Å². The van der Waals surface area contributed by atoms with Gasteiger partial charge in [0.15, 0.2) is 0 Å². The normalized spacial score (nSPS) is 10.9. The number of hydrogen-bond donors (Lipinski definition) is 2. The van der Waals surface area contributed by atoms with Crippen molar-refractivity contribution in [3.8, 4) is 0 Å². The van der Waals surface area contributed by atoms with Gasteiger partial charge in [-0.1, -0.05) is 17.7 Å². The van der Waals surface area contributed by atoms with Gasteiger partial charge >= 0.3 is 0 Å². The van der Waals surface area contributed by atoms with E-state index in [4.69, 9.17) is 17.5 Å². The molecule has 68 valence electrons. The first-order chi connectivity index (χ1) is 6.31. The molecule has 1 aromatic heterocycles. The van der Waals surface area contributed by atoms with Crippen molar-refractivity contribution in [2.24, 2.45) is 5.90 Å². The zero-order valence-corrected chi connectivity index (χ0v) is 7.51.